The number of rotatable bonds is 1. The van der Waals surface area contributed by atoms with Gasteiger partial charge in [-0.05, 0) is 0 Å². The van der Waals surface area contributed by atoms with Crippen LogP contribution in [0.2, 0.25) is 0 Å². The average molecular weight is 56.1 g/mol. The van der Waals surface area contributed by atoms with Crippen molar-refractivity contribution in [3.05, 3.63) is 0 Å². The molecule has 0 aliphatic carbocycles. The second kappa shape index (κ2) is 2.34. The highest BCUT2D eigenvalue weighted by atomic mass is 14.4. The van der Waals surface area contributed by atoms with Crippen LogP contribution in [0.4, 0.5) is 0 Å². The molecule has 4 heavy (non-hydrogen) atoms. The lowest BCUT2D eigenvalue weighted by molar-refractivity contribution is 1.55. The first-order chi connectivity index (χ1) is 1.91. The molecule has 2 heteroatoms. The van der Waals surface area contributed by atoms with Crippen LogP contribution in [0.1, 0.15) is 0 Å². The highest BCUT2D eigenvalue weighted by molar-refractivity contribution is 6.12. The van der Waals surface area contributed by atoms with Crippen molar-refractivity contribution >= 4 is 12.4 Å². The number of hydrogen-bond acceptors (Lipinski definition) is 2. The third kappa shape index (κ3) is 1.34. The van der Waals surface area contributed by atoms with Crippen molar-refractivity contribution in [1.29, 1.82) is 10.8 Å². The maximum absolute atomic E-state index is 6.08. The first kappa shape index (κ1) is 3.34. The molecule has 0 fully saturated rings. The van der Waals surface area contributed by atoms with Crippen molar-refractivity contribution in [2.45, 2.75) is 0 Å². The summed E-state index contributed by atoms with van der Waals surface area (Å²) >= 11 is 0. The van der Waals surface area contributed by atoms with Gasteiger partial charge in [0.05, 0.1) is 0 Å². The fraction of sp³-hybridized carbons (Fsp3) is 0. The minimum atomic E-state index is 0.917. The lowest BCUT2D eigenvalue weighted by Gasteiger charge is -1.42. The van der Waals surface area contributed by atoms with Crippen molar-refractivity contribution < 1.29 is 0 Å². The van der Waals surface area contributed by atoms with Crippen LogP contribution in [0.15, 0.2) is 0 Å². The Morgan fingerprint density at radius 2 is 1.25 bits per heavy atom. The third-order valence-electron chi connectivity index (χ3n) is 0.0833. The molecule has 2 N–H and O–H groups in total. The van der Waals surface area contributed by atoms with E-state index >= 15 is 0 Å². The van der Waals surface area contributed by atoms with Crippen LogP contribution >= 0.6 is 0 Å². The minimum Gasteiger partial charge on any atom is -0.307 e. The Morgan fingerprint density at radius 1 is 1.00 bits per heavy atom. The quantitative estimate of drug-likeness (QED) is 0.405. The Labute approximate surface area is 24.5 Å². The Morgan fingerprint density at radius 3 is 1.25 bits per heavy atom. The molecule has 2 nitrogen and oxygen atoms in total. The molecule has 0 spiro atoms. The molecule has 0 aromatic carbocycles. The molecule has 0 atom stereocenters. The zero-order chi connectivity index (χ0) is 3.41. The van der Waals surface area contributed by atoms with E-state index in [2.05, 4.69) is 0 Å². The summed E-state index contributed by atoms with van der Waals surface area (Å²) < 4.78 is 0. The van der Waals surface area contributed by atoms with E-state index in [1.807, 2.05) is 0 Å². The summed E-state index contributed by atoms with van der Waals surface area (Å²) in [4.78, 5) is 0. The van der Waals surface area contributed by atoms with Crippen LogP contribution in [0, 0.1) is 10.8 Å². The minimum absolute atomic E-state index is 0.917. The third-order valence-corrected chi connectivity index (χ3v) is 0.0833. The van der Waals surface area contributed by atoms with E-state index in [-0.39, 0.29) is 0 Å². The average Bonchev–Trinajstić information content (AvgIpc) is 1.37. The van der Waals surface area contributed by atoms with E-state index in [1.165, 1.54) is 0 Å². The number of nitrogens with one attached hydrogen (secondary N) is 2. The summed E-state index contributed by atoms with van der Waals surface area (Å²) in [5, 5.41) is 12.2. The summed E-state index contributed by atoms with van der Waals surface area (Å²) in [6, 6.07) is 0. The van der Waals surface area contributed by atoms with E-state index in [4.69, 9.17) is 10.8 Å². The van der Waals surface area contributed by atoms with Gasteiger partial charge in [0.15, 0.2) is 0 Å². The van der Waals surface area contributed by atoms with Gasteiger partial charge in [0.1, 0.15) is 0 Å². The Bertz CT molecular complexity index is 25.0. The van der Waals surface area contributed by atoms with Crippen molar-refractivity contribution in [1.82, 2.24) is 0 Å². The highest BCUT2D eigenvalue weighted by Crippen LogP contribution is 1.18. The van der Waals surface area contributed by atoms with Crippen LogP contribution < -0.4 is 0 Å². The van der Waals surface area contributed by atoms with E-state index in [0.29, 0.717) is 0 Å². The van der Waals surface area contributed by atoms with E-state index in [9.17, 15) is 0 Å². The van der Waals surface area contributed by atoms with Gasteiger partial charge >= 0.3 is 0 Å². The molecular formula is C2H4N2. The zero-order valence-electron chi connectivity index (χ0n) is 2.15. The molecule has 0 saturated heterocycles. The fourth-order valence-electron chi connectivity index (χ4n) is 0. The summed E-state index contributed by atoms with van der Waals surface area (Å²) in [6.07, 6.45) is 1.83. The Hall–Kier alpha value is -0.660. The van der Waals surface area contributed by atoms with Crippen molar-refractivity contribution in [2.75, 3.05) is 0 Å². The van der Waals surface area contributed by atoms with Gasteiger partial charge in [0, 0.05) is 12.4 Å². The molecule has 0 saturated carbocycles. The van der Waals surface area contributed by atoms with Crippen LogP contribution in [-0.4, -0.2) is 12.4 Å². The lowest BCUT2D eigenvalue weighted by Crippen LogP contribution is -1.58. The van der Waals surface area contributed by atoms with Crippen LogP contribution in [0.5, 0.6) is 0 Å². The molecule has 0 aliphatic rings. The monoisotopic (exact) mass is 56.0 g/mol. The standard InChI is InChI=1S/C2H4N2/c3-1-2-4/h1-4H. The topological polar surface area (TPSA) is 47.7 Å². The molecule has 0 bridgehead atoms. The maximum atomic E-state index is 6.08. The van der Waals surface area contributed by atoms with Crippen molar-refractivity contribution in [3.8, 4) is 0 Å². The van der Waals surface area contributed by atoms with Crippen LogP contribution in [0.25, 0.3) is 0 Å². The summed E-state index contributed by atoms with van der Waals surface area (Å²) in [5.74, 6) is 0. The summed E-state index contributed by atoms with van der Waals surface area (Å²) in [6.45, 7) is 0. The van der Waals surface area contributed by atoms with Gasteiger partial charge in [-0.2, -0.15) is 0 Å². The Kier molecular flexibility index (Phi) is 1.95. The van der Waals surface area contributed by atoms with Gasteiger partial charge in [-0.25, -0.2) is 0 Å². The molecule has 0 aromatic rings. The predicted molar refractivity (Wildman–Crippen MR) is 17.6 cm³/mol. The second-order valence-corrected chi connectivity index (χ2v) is 0.333. The first-order valence-electron chi connectivity index (χ1n) is 0.911. The summed E-state index contributed by atoms with van der Waals surface area (Å²) in [5.41, 5.74) is 0. The molecule has 22 valence electrons. The maximum Gasteiger partial charge on any atom is 0.0353 e. The van der Waals surface area contributed by atoms with Gasteiger partial charge in [-0.15, -0.1) is 0 Å². The fourth-order valence-corrected chi connectivity index (χ4v) is 0. The van der Waals surface area contributed by atoms with Gasteiger partial charge in [0.25, 0.3) is 0 Å². The predicted octanol–water partition coefficient (Wildman–Crippen LogP) is 0.286. The zero-order valence-corrected chi connectivity index (χ0v) is 2.15. The molecule has 0 aromatic heterocycles. The van der Waals surface area contributed by atoms with Crippen LogP contribution in [-0.2, 0) is 0 Å². The normalized spacial score (nSPS) is 5.00. The molecule has 0 radical (unpaired) electrons. The van der Waals surface area contributed by atoms with E-state index in [1.54, 1.807) is 0 Å². The van der Waals surface area contributed by atoms with Gasteiger partial charge < -0.3 is 10.8 Å². The van der Waals surface area contributed by atoms with E-state index in [0.717, 1.165) is 12.4 Å². The van der Waals surface area contributed by atoms with Crippen LogP contribution in [0.3, 0.4) is 0 Å². The SMILES string of the molecule is N=CC=N. The molecule has 0 amide bonds. The molecule has 0 aliphatic heterocycles. The lowest BCUT2D eigenvalue weighted by atomic mass is 10.9. The smallest absolute Gasteiger partial charge is 0.0353 e. The van der Waals surface area contributed by atoms with Gasteiger partial charge in [-0.1, -0.05) is 0 Å². The molecule has 0 unspecified atom stereocenters. The van der Waals surface area contributed by atoms with Gasteiger partial charge in [-0.3, -0.25) is 0 Å². The highest BCUT2D eigenvalue weighted by Gasteiger charge is 1.34. The Balaban J connectivity index is 2.73. The number of hydrogen-bond donors (Lipinski definition) is 2. The largest absolute Gasteiger partial charge is 0.307 e. The van der Waals surface area contributed by atoms with E-state index < -0.39 is 0 Å². The van der Waals surface area contributed by atoms with Crippen molar-refractivity contribution in [2.24, 2.45) is 0 Å². The van der Waals surface area contributed by atoms with Crippen molar-refractivity contribution in [3.63, 3.8) is 0 Å². The summed E-state index contributed by atoms with van der Waals surface area (Å²) in [7, 11) is 0. The molecule has 0 heterocycles. The second-order valence-electron chi connectivity index (χ2n) is 0.333. The van der Waals surface area contributed by atoms with Gasteiger partial charge in [0.2, 0.25) is 0 Å². The molecule has 0 rings (SSSR count). The molecular weight excluding hydrogens is 52.0 g/mol. The first-order valence-corrected chi connectivity index (χ1v) is 0.911.